The number of methoxy groups -OCH3 is 3. The smallest absolute Gasteiger partial charge is 0.164 e. The molecule has 144 valence electrons. The van der Waals surface area contributed by atoms with E-state index in [-0.39, 0.29) is 0 Å². The maximum Gasteiger partial charge on any atom is 0.164 e. The van der Waals surface area contributed by atoms with E-state index in [4.69, 9.17) is 19.3 Å². The van der Waals surface area contributed by atoms with Gasteiger partial charge in [0.15, 0.2) is 11.5 Å². The van der Waals surface area contributed by atoms with Gasteiger partial charge in [0.05, 0.1) is 21.3 Å². The molecule has 0 aliphatic rings. The monoisotopic (exact) mass is 352 g/mol. The molecule has 0 atom stereocenters. The first-order valence-electron chi connectivity index (χ1n) is 9.66. The van der Waals surface area contributed by atoms with Gasteiger partial charge in [-0.1, -0.05) is 51.4 Å². The van der Waals surface area contributed by atoms with Gasteiger partial charge in [0, 0.05) is 12.7 Å². The van der Waals surface area contributed by atoms with Crippen molar-refractivity contribution < 1.29 is 19.3 Å². The van der Waals surface area contributed by atoms with Crippen LogP contribution in [0.1, 0.15) is 69.8 Å². The van der Waals surface area contributed by atoms with Crippen LogP contribution in [0.3, 0.4) is 0 Å². The first kappa shape index (κ1) is 21.6. The second kappa shape index (κ2) is 13.8. The van der Waals surface area contributed by atoms with Gasteiger partial charge in [0.2, 0.25) is 0 Å². The first-order chi connectivity index (χ1) is 12.3. The van der Waals surface area contributed by atoms with Crippen LogP contribution in [0.15, 0.2) is 12.1 Å². The lowest BCUT2D eigenvalue weighted by molar-refractivity contribution is 0.282. The number of ether oxygens (including phenoxy) is 3. The van der Waals surface area contributed by atoms with E-state index in [1.165, 1.54) is 63.4 Å². The molecule has 0 spiro atoms. The van der Waals surface area contributed by atoms with Crippen molar-refractivity contribution in [3.63, 3.8) is 0 Å². The van der Waals surface area contributed by atoms with Gasteiger partial charge in [0.1, 0.15) is 5.75 Å². The van der Waals surface area contributed by atoms with Crippen LogP contribution in [0.25, 0.3) is 0 Å². The maximum atomic E-state index is 8.74. The van der Waals surface area contributed by atoms with E-state index in [9.17, 15) is 0 Å². The third kappa shape index (κ3) is 8.48. The fourth-order valence-corrected chi connectivity index (χ4v) is 3.13. The Kier molecular flexibility index (Phi) is 12.0. The van der Waals surface area contributed by atoms with Crippen molar-refractivity contribution in [1.82, 2.24) is 0 Å². The number of aryl methyl sites for hydroxylation is 1. The number of aliphatic hydroxyl groups excluding tert-OH is 1. The highest BCUT2D eigenvalue weighted by Crippen LogP contribution is 2.35. The molecule has 4 nitrogen and oxygen atoms in total. The van der Waals surface area contributed by atoms with Crippen molar-refractivity contribution in [2.75, 3.05) is 27.9 Å². The molecule has 0 heterocycles. The van der Waals surface area contributed by atoms with Gasteiger partial charge < -0.3 is 19.3 Å². The SMILES string of the molecule is COc1cc(OC)c(OC)cc1CCCCCCCCCCCCO. The Morgan fingerprint density at radius 1 is 0.600 bits per heavy atom. The van der Waals surface area contributed by atoms with Crippen molar-refractivity contribution in [3.8, 4) is 17.2 Å². The van der Waals surface area contributed by atoms with Crippen LogP contribution in [0.5, 0.6) is 17.2 Å². The summed E-state index contributed by atoms with van der Waals surface area (Å²) in [5.74, 6) is 2.35. The van der Waals surface area contributed by atoms with E-state index >= 15 is 0 Å². The lowest BCUT2D eigenvalue weighted by Crippen LogP contribution is -1.97. The van der Waals surface area contributed by atoms with Crippen molar-refractivity contribution in [2.45, 2.75) is 70.6 Å². The number of aliphatic hydroxyl groups is 1. The zero-order valence-electron chi connectivity index (χ0n) is 16.3. The van der Waals surface area contributed by atoms with Crippen LogP contribution in [-0.2, 0) is 6.42 Å². The molecule has 0 radical (unpaired) electrons. The first-order valence-corrected chi connectivity index (χ1v) is 9.66. The number of hydrogen-bond donors (Lipinski definition) is 1. The Morgan fingerprint density at radius 2 is 1.04 bits per heavy atom. The number of unbranched alkanes of at least 4 members (excludes halogenated alkanes) is 9. The number of rotatable bonds is 15. The fraction of sp³-hybridized carbons (Fsp3) is 0.714. The maximum absolute atomic E-state index is 8.74. The topological polar surface area (TPSA) is 47.9 Å². The lowest BCUT2D eigenvalue weighted by Gasteiger charge is -2.14. The molecule has 0 bridgehead atoms. The second-order valence-corrected chi connectivity index (χ2v) is 6.53. The molecule has 1 aromatic carbocycles. The number of hydrogen-bond acceptors (Lipinski definition) is 4. The molecule has 0 aromatic heterocycles. The molecule has 1 N–H and O–H groups in total. The highest BCUT2D eigenvalue weighted by atomic mass is 16.5. The molecular weight excluding hydrogens is 316 g/mol. The normalized spacial score (nSPS) is 10.7. The standard InChI is InChI=1S/C21H36O4/c1-23-19-17-21(25-3)20(24-2)16-18(19)14-12-10-8-6-4-5-7-9-11-13-15-22/h16-17,22H,4-15H2,1-3H3. The summed E-state index contributed by atoms with van der Waals surface area (Å²) in [7, 11) is 5.01. The molecule has 0 aliphatic heterocycles. The van der Waals surface area contributed by atoms with Gasteiger partial charge in [-0.05, 0) is 30.9 Å². The quantitative estimate of drug-likeness (QED) is 0.444. The Hall–Kier alpha value is -1.42. The van der Waals surface area contributed by atoms with Crippen LogP contribution in [0, 0.1) is 0 Å². The summed E-state index contributed by atoms with van der Waals surface area (Å²) in [6, 6.07) is 3.94. The molecule has 1 aromatic rings. The summed E-state index contributed by atoms with van der Waals surface area (Å²) in [5, 5.41) is 8.74. The van der Waals surface area contributed by atoms with Gasteiger partial charge in [-0.2, -0.15) is 0 Å². The Morgan fingerprint density at radius 3 is 1.52 bits per heavy atom. The summed E-state index contributed by atoms with van der Waals surface area (Å²) < 4.78 is 16.2. The Labute approximate surface area is 153 Å². The van der Waals surface area contributed by atoms with Gasteiger partial charge in [0.25, 0.3) is 0 Å². The minimum absolute atomic E-state index is 0.338. The predicted octanol–water partition coefficient (Wildman–Crippen LogP) is 5.15. The summed E-state index contributed by atoms with van der Waals surface area (Å²) in [5.41, 5.74) is 1.18. The average Bonchev–Trinajstić information content (AvgIpc) is 2.65. The Balaban J connectivity index is 2.21. The highest BCUT2D eigenvalue weighted by Gasteiger charge is 2.11. The molecular formula is C21H36O4. The molecule has 0 aliphatic carbocycles. The minimum atomic E-state index is 0.338. The molecule has 0 saturated carbocycles. The zero-order valence-corrected chi connectivity index (χ0v) is 16.3. The Bertz CT molecular complexity index is 459. The molecule has 4 heteroatoms. The van der Waals surface area contributed by atoms with Gasteiger partial charge in [-0.15, -0.1) is 0 Å². The lowest BCUT2D eigenvalue weighted by atomic mass is 10.0. The van der Waals surface area contributed by atoms with Crippen molar-refractivity contribution in [3.05, 3.63) is 17.7 Å². The van der Waals surface area contributed by atoms with Gasteiger partial charge in [-0.3, -0.25) is 0 Å². The van der Waals surface area contributed by atoms with Crippen LogP contribution in [0.2, 0.25) is 0 Å². The van der Waals surface area contributed by atoms with E-state index < -0.39 is 0 Å². The molecule has 25 heavy (non-hydrogen) atoms. The van der Waals surface area contributed by atoms with E-state index in [0.717, 1.165) is 24.3 Å². The molecule has 0 unspecified atom stereocenters. The van der Waals surface area contributed by atoms with Crippen molar-refractivity contribution >= 4 is 0 Å². The van der Waals surface area contributed by atoms with Crippen LogP contribution >= 0.6 is 0 Å². The highest BCUT2D eigenvalue weighted by molar-refractivity contribution is 5.50. The largest absolute Gasteiger partial charge is 0.496 e. The van der Waals surface area contributed by atoms with Crippen LogP contribution in [0.4, 0.5) is 0 Å². The molecule has 1 rings (SSSR count). The average molecular weight is 353 g/mol. The van der Waals surface area contributed by atoms with E-state index in [0.29, 0.717) is 12.4 Å². The minimum Gasteiger partial charge on any atom is -0.496 e. The summed E-state index contributed by atoms with van der Waals surface area (Å²) in [6.45, 7) is 0.338. The fourth-order valence-electron chi connectivity index (χ4n) is 3.13. The van der Waals surface area contributed by atoms with E-state index in [1.54, 1.807) is 21.3 Å². The number of benzene rings is 1. The second-order valence-electron chi connectivity index (χ2n) is 6.53. The zero-order chi connectivity index (χ0) is 18.3. The van der Waals surface area contributed by atoms with E-state index in [2.05, 4.69) is 0 Å². The summed E-state index contributed by atoms with van der Waals surface area (Å²) in [4.78, 5) is 0. The summed E-state index contributed by atoms with van der Waals surface area (Å²) >= 11 is 0. The predicted molar refractivity (Wildman–Crippen MR) is 103 cm³/mol. The van der Waals surface area contributed by atoms with Crippen molar-refractivity contribution in [1.29, 1.82) is 0 Å². The summed E-state index contributed by atoms with van der Waals surface area (Å²) in [6.07, 6.45) is 13.4. The van der Waals surface area contributed by atoms with Crippen LogP contribution < -0.4 is 14.2 Å². The van der Waals surface area contributed by atoms with E-state index in [1.807, 2.05) is 12.1 Å². The van der Waals surface area contributed by atoms with Gasteiger partial charge in [-0.25, -0.2) is 0 Å². The third-order valence-corrected chi connectivity index (χ3v) is 4.64. The molecule has 0 amide bonds. The third-order valence-electron chi connectivity index (χ3n) is 4.64. The van der Waals surface area contributed by atoms with Gasteiger partial charge >= 0.3 is 0 Å². The van der Waals surface area contributed by atoms with Crippen molar-refractivity contribution in [2.24, 2.45) is 0 Å². The molecule has 0 fully saturated rings. The molecule has 0 saturated heterocycles. The van der Waals surface area contributed by atoms with Crippen LogP contribution in [-0.4, -0.2) is 33.0 Å².